The molecule has 0 aromatic heterocycles. The summed E-state index contributed by atoms with van der Waals surface area (Å²) in [5.74, 6) is 0.0881. The third kappa shape index (κ3) is 2.76. The van der Waals surface area contributed by atoms with E-state index < -0.39 is 11.4 Å². The van der Waals surface area contributed by atoms with Crippen LogP contribution < -0.4 is 4.74 Å². The molecule has 0 atom stereocenters. The van der Waals surface area contributed by atoms with Gasteiger partial charge in [0.1, 0.15) is 5.75 Å². The van der Waals surface area contributed by atoms with E-state index in [1.807, 2.05) is 0 Å². The van der Waals surface area contributed by atoms with Crippen molar-refractivity contribution < 1.29 is 14.3 Å². The molecular formula is C13H15NO3. The Balaban J connectivity index is 3.34. The van der Waals surface area contributed by atoms with Crippen LogP contribution in [-0.4, -0.2) is 20.2 Å². The molecule has 0 fully saturated rings. The van der Waals surface area contributed by atoms with E-state index in [2.05, 4.69) is 10.8 Å². The number of hydrogen-bond donors (Lipinski definition) is 0. The Labute approximate surface area is 101 Å². The molecule has 0 saturated heterocycles. The summed E-state index contributed by atoms with van der Waals surface area (Å²) in [6.07, 6.45) is 0. The SMILES string of the molecule is COC(=O)c1cc(OC)cc(C(C)(C)C#N)c1. The summed E-state index contributed by atoms with van der Waals surface area (Å²) in [6, 6.07) is 7.17. The number of nitrogens with zero attached hydrogens (tertiary/aromatic N) is 1. The fraction of sp³-hybridized carbons (Fsp3) is 0.385. The molecule has 0 spiro atoms. The summed E-state index contributed by atoms with van der Waals surface area (Å²) in [7, 11) is 2.83. The monoisotopic (exact) mass is 233 g/mol. The molecule has 0 aliphatic rings. The van der Waals surface area contributed by atoms with Crippen molar-refractivity contribution in [2.75, 3.05) is 14.2 Å². The molecule has 0 bridgehead atoms. The van der Waals surface area contributed by atoms with Gasteiger partial charge in [0.25, 0.3) is 0 Å². The number of hydrogen-bond acceptors (Lipinski definition) is 4. The van der Waals surface area contributed by atoms with Crippen LogP contribution in [0.1, 0.15) is 29.8 Å². The molecule has 1 aromatic rings. The smallest absolute Gasteiger partial charge is 0.337 e. The summed E-state index contributed by atoms with van der Waals surface area (Å²) in [4.78, 5) is 11.5. The number of carbonyl (C=O) groups is 1. The summed E-state index contributed by atoms with van der Waals surface area (Å²) in [5, 5.41) is 9.09. The lowest BCUT2D eigenvalue weighted by atomic mass is 9.85. The van der Waals surface area contributed by atoms with E-state index in [9.17, 15) is 4.79 Å². The lowest BCUT2D eigenvalue weighted by molar-refractivity contribution is 0.0600. The zero-order valence-electron chi connectivity index (χ0n) is 10.4. The van der Waals surface area contributed by atoms with Crippen LogP contribution in [-0.2, 0) is 10.2 Å². The van der Waals surface area contributed by atoms with Crippen LogP contribution in [0.25, 0.3) is 0 Å². The highest BCUT2D eigenvalue weighted by Crippen LogP contribution is 2.27. The third-order valence-corrected chi connectivity index (χ3v) is 2.56. The average Bonchev–Trinajstić information content (AvgIpc) is 2.37. The van der Waals surface area contributed by atoms with Crippen LogP contribution in [0.3, 0.4) is 0 Å². The molecular weight excluding hydrogens is 218 g/mol. The first-order valence-corrected chi connectivity index (χ1v) is 5.13. The zero-order chi connectivity index (χ0) is 13.1. The quantitative estimate of drug-likeness (QED) is 0.751. The van der Waals surface area contributed by atoms with Crippen molar-refractivity contribution in [1.29, 1.82) is 5.26 Å². The lowest BCUT2D eigenvalue weighted by Crippen LogP contribution is -2.15. The summed E-state index contributed by atoms with van der Waals surface area (Å²) in [5.41, 5.74) is 0.419. The Morgan fingerprint density at radius 2 is 1.94 bits per heavy atom. The molecule has 90 valence electrons. The standard InChI is InChI=1S/C13H15NO3/c1-13(2,8-14)10-5-9(12(15)17-4)6-11(7-10)16-3/h5-7H,1-4H3. The van der Waals surface area contributed by atoms with Gasteiger partial charge in [0.05, 0.1) is 31.3 Å². The number of carbonyl (C=O) groups excluding carboxylic acids is 1. The van der Waals surface area contributed by atoms with Gasteiger partial charge in [-0.2, -0.15) is 5.26 Å². The molecule has 4 heteroatoms. The Kier molecular flexibility index (Phi) is 3.74. The highest BCUT2D eigenvalue weighted by Gasteiger charge is 2.22. The van der Waals surface area contributed by atoms with Gasteiger partial charge in [-0.1, -0.05) is 0 Å². The predicted molar refractivity (Wildman–Crippen MR) is 63.0 cm³/mol. The van der Waals surface area contributed by atoms with Crippen LogP contribution in [0.4, 0.5) is 0 Å². The summed E-state index contributed by atoms with van der Waals surface area (Å²) >= 11 is 0. The maximum atomic E-state index is 11.5. The minimum Gasteiger partial charge on any atom is -0.497 e. The largest absolute Gasteiger partial charge is 0.497 e. The molecule has 0 amide bonds. The number of benzene rings is 1. The molecule has 17 heavy (non-hydrogen) atoms. The number of ether oxygens (including phenoxy) is 2. The van der Waals surface area contributed by atoms with Crippen LogP contribution in [0, 0.1) is 11.3 Å². The Morgan fingerprint density at radius 1 is 1.29 bits per heavy atom. The Hall–Kier alpha value is -2.02. The van der Waals surface area contributed by atoms with Gasteiger partial charge in [0.2, 0.25) is 0 Å². The van der Waals surface area contributed by atoms with Crippen molar-refractivity contribution in [1.82, 2.24) is 0 Å². The molecule has 4 nitrogen and oxygen atoms in total. The second-order valence-electron chi connectivity index (χ2n) is 4.18. The normalized spacial score (nSPS) is 10.5. The summed E-state index contributed by atoms with van der Waals surface area (Å²) in [6.45, 7) is 3.56. The highest BCUT2D eigenvalue weighted by atomic mass is 16.5. The van der Waals surface area contributed by atoms with E-state index in [4.69, 9.17) is 10.00 Å². The number of rotatable bonds is 3. The maximum Gasteiger partial charge on any atom is 0.337 e. The molecule has 0 radical (unpaired) electrons. The molecule has 0 saturated carbocycles. The summed E-state index contributed by atoms with van der Waals surface area (Å²) < 4.78 is 9.77. The molecule has 1 rings (SSSR count). The van der Waals surface area contributed by atoms with Crippen molar-refractivity contribution >= 4 is 5.97 Å². The predicted octanol–water partition coefficient (Wildman–Crippen LogP) is 2.28. The average molecular weight is 233 g/mol. The number of nitriles is 1. The van der Waals surface area contributed by atoms with E-state index in [1.54, 1.807) is 32.0 Å². The van der Waals surface area contributed by atoms with Crippen molar-refractivity contribution in [2.45, 2.75) is 19.3 Å². The topological polar surface area (TPSA) is 59.3 Å². The van der Waals surface area contributed by atoms with Crippen molar-refractivity contribution in [3.63, 3.8) is 0 Å². The zero-order valence-corrected chi connectivity index (χ0v) is 10.4. The van der Waals surface area contributed by atoms with Crippen molar-refractivity contribution in [2.24, 2.45) is 0 Å². The second kappa shape index (κ2) is 4.88. The maximum absolute atomic E-state index is 11.5. The highest BCUT2D eigenvalue weighted by molar-refractivity contribution is 5.90. The molecule has 1 aromatic carbocycles. The minimum atomic E-state index is -0.683. The molecule has 0 unspecified atom stereocenters. The Morgan fingerprint density at radius 3 is 2.41 bits per heavy atom. The fourth-order valence-corrected chi connectivity index (χ4v) is 1.38. The van der Waals surface area contributed by atoms with Crippen molar-refractivity contribution in [3.05, 3.63) is 29.3 Å². The van der Waals surface area contributed by atoms with E-state index in [0.29, 0.717) is 11.3 Å². The van der Waals surface area contributed by atoms with Gasteiger partial charge in [0.15, 0.2) is 0 Å². The van der Waals surface area contributed by atoms with Gasteiger partial charge in [-0.15, -0.1) is 0 Å². The second-order valence-corrected chi connectivity index (χ2v) is 4.18. The van der Waals surface area contributed by atoms with Crippen LogP contribution in [0.15, 0.2) is 18.2 Å². The molecule has 0 N–H and O–H groups in total. The van der Waals surface area contributed by atoms with Crippen LogP contribution in [0.5, 0.6) is 5.75 Å². The van der Waals surface area contributed by atoms with Gasteiger partial charge in [-0.25, -0.2) is 4.79 Å². The van der Waals surface area contributed by atoms with E-state index in [1.165, 1.54) is 14.2 Å². The van der Waals surface area contributed by atoms with Crippen LogP contribution in [0.2, 0.25) is 0 Å². The van der Waals surface area contributed by atoms with Gasteiger partial charge in [0, 0.05) is 0 Å². The lowest BCUT2D eigenvalue weighted by Gasteiger charge is -2.17. The first kappa shape index (κ1) is 13.0. The Bertz CT molecular complexity index is 472. The van der Waals surface area contributed by atoms with Gasteiger partial charge < -0.3 is 9.47 Å². The number of esters is 1. The van der Waals surface area contributed by atoms with Crippen LogP contribution >= 0.6 is 0 Å². The van der Waals surface area contributed by atoms with Gasteiger partial charge in [-0.3, -0.25) is 0 Å². The fourth-order valence-electron chi connectivity index (χ4n) is 1.38. The molecule has 0 aliphatic carbocycles. The minimum absolute atomic E-state index is 0.380. The molecule has 0 aliphatic heterocycles. The molecule has 0 heterocycles. The number of methoxy groups -OCH3 is 2. The van der Waals surface area contributed by atoms with E-state index >= 15 is 0 Å². The van der Waals surface area contributed by atoms with Gasteiger partial charge >= 0.3 is 5.97 Å². The third-order valence-electron chi connectivity index (χ3n) is 2.56. The first-order chi connectivity index (χ1) is 7.94. The van der Waals surface area contributed by atoms with Crippen molar-refractivity contribution in [3.8, 4) is 11.8 Å². The first-order valence-electron chi connectivity index (χ1n) is 5.13. The van der Waals surface area contributed by atoms with Gasteiger partial charge in [-0.05, 0) is 37.6 Å². The van der Waals surface area contributed by atoms with E-state index in [0.717, 1.165) is 5.56 Å². The van der Waals surface area contributed by atoms with E-state index in [-0.39, 0.29) is 0 Å².